The highest BCUT2D eigenvalue weighted by molar-refractivity contribution is 5.53. The molecule has 0 rings (SSSR count). The fraction of sp³-hybridized carbons (Fsp3) is 0.857. The van der Waals surface area contributed by atoms with Crippen LogP contribution in [0.1, 0.15) is 27.7 Å². The lowest BCUT2D eigenvalue weighted by molar-refractivity contribution is 0.0300. The largest absolute Gasteiger partial charge is 0.503 e. The molecule has 0 aliphatic rings. The molecular weight excluding hydrogens is 148 g/mol. The maximum Gasteiger partial charge on any atom is 0.503 e. The molecule has 4 nitrogen and oxygen atoms in total. The molecule has 0 aromatic carbocycles. The molecule has 0 spiro atoms. The molecule has 2 N–H and O–H groups in total. The summed E-state index contributed by atoms with van der Waals surface area (Å²) in [6.07, 6.45) is -1.08. The maximum absolute atomic E-state index is 8.56. The molecule has 0 aromatic heterocycles. The Labute approximate surface area is 66.8 Å². The molecule has 0 aliphatic carbocycles. The van der Waals surface area contributed by atoms with Crippen molar-refractivity contribution in [2.24, 2.45) is 0 Å². The zero-order chi connectivity index (χ0) is 9.44. The third kappa shape index (κ3) is 46.2. The number of rotatable bonds is 2. The maximum atomic E-state index is 8.56. The molecule has 0 radical (unpaired) electrons. The summed E-state index contributed by atoms with van der Waals surface area (Å²) in [5, 5.41) is 13.9. The minimum Gasteiger partial charge on any atom is -0.450 e. The molecule has 0 fully saturated rings. The minimum absolute atomic E-state index is 0.375. The molecule has 0 saturated heterocycles. The van der Waals surface area contributed by atoms with E-state index in [1.165, 1.54) is 0 Å². The summed E-state index contributed by atoms with van der Waals surface area (Å²) in [4.78, 5) is 8.56. The van der Waals surface area contributed by atoms with E-state index in [9.17, 15) is 0 Å². The first-order chi connectivity index (χ1) is 4.86. The van der Waals surface area contributed by atoms with Gasteiger partial charge >= 0.3 is 6.16 Å². The summed E-state index contributed by atoms with van der Waals surface area (Å²) in [6.45, 7) is 8.17. The van der Waals surface area contributed by atoms with Crippen LogP contribution >= 0.6 is 0 Å². The molecule has 0 heterocycles. The molecule has 0 unspecified atom stereocenters. The lowest BCUT2D eigenvalue weighted by Crippen LogP contribution is -2.09. The van der Waals surface area contributed by atoms with E-state index in [0.29, 0.717) is 12.2 Å². The van der Waals surface area contributed by atoms with Gasteiger partial charge in [0.05, 0.1) is 12.2 Å². The van der Waals surface area contributed by atoms with E-state index in [4.69, 9.17) is 19.7 Å². The van der Waals surface area contributed by atoms with Crippen molar-refractivity contribution < 1.29 is 19.7 Å². The van der Waals surface area contributed by atoms with E-state index >= 15 is 0 Å². The first-order valence-electron chi connectivity index (χ1n) is 3.43. The summed E-state index contributed by atoms with van der Waals surface area (Å²) < 4.78 is 5.25. The highest BCUT2D eigenvalue weighted by Crippen LogP contribution is 1.93. The average Bonchev–Trinajstić information content (AvgIpc) is 1.56. The molecule has 0 aliphatic heterocycles. The third-order valence-corrected chi connectivity index (χ3v) is 0.544. The zero-order valence-electron chi connectivity index (χ0n) is 7.37. The van der Waals surface area contributed by atoms with Gasteiger partial charge in [-0.1, -0.05) is 0 Å². The fourth-order valence-corrected chi connectivity index (χ4v) is 0.544. The second-order valence-electron chi connectivity index (χ2n) is 2.52. The van der Waals surface area contributed by atoms with Crippen LogP contribution in [0, 0.1) is 0 Å². The summed E-state index contributed by atoms with van der Waals surface area (Å²) in [6, 6.07) is 0. The van der Waals surface area contributed by atoms with Crippen molar-refractivity contribution in [2.45, 2.75) is 39.9 Å². The van der Waals surface area contributed by atoms with Crippen LogP contribution in [0.25, 0.3) is 0 Å². The molecule has 0 amide bonds. The normalized spacial score (nSPS) is 9.27. The summed E-state index contributed by atoms with van der Waals surface area (Å²) in [5.41, 5.74) is 0. The molecule has 0 aromatic rings. The van der Waals surface area contributed by atoms with Crippen LogP contribution in [0.15, 0.2) is 0 Å². The van der Waals surface area contributed by atoms with Crippen LogP contribution in [0.4, 0.5) is 4.79 Å². The van der Waals surface area contributed by atoms with Gasteiger partial charge in [0.1, 0.15) is 0 Å². The van der Waals surface area contributed by atoms with Gasteiger partial charge < -0.3 is 14.9 Å². The smallest absolute Gasteiger partial charge is 0.450 e. The summed E-state index contributed by atoms with van der Waals surface area (Å²) >= 11 is 0. The number of ether oxygens (including phenoxy) is 1. The van der Waals surface area contributed by atoms with Gasteiger partial charge in [-0.05, 0) is 27.7 Å². The quantitative estimate of drug-likeness (QED) is 0.655. The Morgan fingerprint density at radius 3 is 1.27 bits per heavy atom. The predicted octanol–water partition coefficient (Wildman–Crippen LogP) is 2.04. The number of carboxylic acid groups (broad SMARTS) is 2. The molecule has 4 heteroatoms. The molecule has 11 heavy (non-hydrogen) atoms. The van der Waals surface area contributed by atoms with Crippen molar-refractivity contribution in [2.75, 3.05) is 0 Å². The second-order valence-corrected chi connectivity index (χ2v) is 2.52. The molecular formula is C7H16O4. The van der Waals surface area contributed by atoms with Crippen LogP contribution in [0.3, 0.4) is 0 Å². The fourth-order valence-electron chi connectivity index (χ4n) is 0.544. The SMILES string of the molecule is CC(C)OC(C)C.O=C(O)O. The Balaban J connectivity index is 0. The highest BCUT2D eigenvalue weighted by atomic mass is 16.6. The lowest BCUT2D eigenvalue weighted by atomic mass is 10.4. The van der Waals surface area contributed by atoms with Crippen molar-refractivity contribution in [3.05, 3.63) is 0 Å². The molecule has 68 valence electrons. The van der Waals surface area contributed by atoms with E-state index < -0.39 is 6.16 Å². The summed E-state index contributed by atoms with van der Waals surface area (Å²) in [7, 11) is 0. The molecule has 0 saturated carbocycles. The van der Waals surface area contributed by atoms with Crippen LogP contribution < -0.4 is 0 Å². The third-order valence-electron chi connectivity index (χ3n) is 0.544. The topological polar surface area (TPSA) is 66.8 Å². The molecule has 0 atom stereocenters. The number of hydrogen-bond acceptors (Lipinski definition) is 2. The number of carbonyl (C=O) groups is 1. The minimum atomic E-state index is -1.83. The highest BCUT2D eigenvalue weighted by Gasteiger charge is 1.94. The Morgan fingerprint density at radius 2 is 1.27 bits per heavy atom. The van der Waals surface area contributed by atoms with Crippen LogP contribution in [-0.2, 0) is 4.74 Å². The lowest BCUT2D eigenvalue weighted by Gasteiger charge is -2.09. The standard InChI is InChI=1S/C6H14O.CH2O3/c1-5(2)7-6(3)4;2-1(3)4/h5-6H,1-4H3;(H2,2,3,4). The average molecular weight is 164 g/mol. The van der Waals surface area contributed by atoms with E-state index in [-0.39, 0.29) is 0 Å². The van der Waals surface area contributed by atoms with Gasteiger partial charge in [-0.3, -0.25) is 0 Å². The Bertz CT molecular complexity index is 88.6. The van der Waals surface area contributed by atoms with Gasteiger partial charge in [-0.2, -0.15) is 0 Å². The second kappa shape index (κ2) is 7.34. The predicted molar refractivity (Wildman–Crippen MR) is 42.0 cm³/mol. The van der Waals surface area contributed by atoms with Gasteiger partial charge in [0.2, 0.25) is 0 Å². The number of hydrogen-bond donors (Lipinski definition) is 2. The van der Waals surface area contributed by atoms with E-state index in [0.717, 1.165) is 0 Å². The monoisotopic (exact) mass is 164 g/mol. The van der Waals surface area contributed by atoms with Gasteiger partial charge in [-0.15, -0.1) is 0 Å². The van der Waals surface area contributed by atoms with Crippen molar-refractivity contribution in [3.8, 4) is 0 Å². The van der Waals surface area contributed by atoms with Crippen molar-refractivity contribution in [1.82, 2.24) is 0 Å². The van der Waals surface area contributed by atoms with Gasteiger partial charge in [0.15, 0.2) is 0 Å². The first-order valence-corrected chi connectivity index (χ1v) is 3.43. The Kier molecular flexibility index (Phi) is 8.58. The Morgan fingerprint density at radius 1 is 1.09 bits per heavy atom. The van der Waals surface area contributed by atoms with E-state index in [1.807, 2.05) is 27.7 Å². The van der Waals surface area contributed by atoms with Crippen LogP contribution in [0.2, 0.25) is 0 Å². The van der Waals surface area contributed by atoms with Crippen molar-refractivity contribution >= 4 is 6.16 Å². The van der Waals surface area contributed by atoms with Crippen LogP contribution in [0.5, 0.6) is 0 Å². The van der Waals surface area contributed by atoms with E-state index in [1.54, 1.807) is 0 Å². The Hall–Kier alpha value is -0.770. The van der Waals surface area contributed by atoms with E-state index in [2.05, 4.69) is 0 Å². The van der Waals surface area contributed by atoms with Crippen molar-refractivity contribution in [3.63, 3.8) is 0 Å². The first kappa shape index (κ1) is 12.9. The molecule has 0 bridgehead atoms. The van der Waals surface area contributed by atoms with Gasteiger partial charge in [-0.25, -0.2) is 4.79 Å². The summed E-state index contributed by atoms with van der Waals surface area (Å²) in [5.74, 6) is 0. The van der Waals surface area contributed by atoms with Crippen molar-refractivity contribution in [1.29, 1.82) is 0 Å². The zero-order valence-corrected chi connectivity index (χ0v) is 7.37. The van der Waals surface area contributed by atoms with Gasteiger partial charge in [0, 0.05) is 0 Å². The van der Waals surface area contributed by atoms with Crippen LogP contribution in [-0.4, -0.2) is 28.6 Å². The van der Waals surface area contributed by atoms with Gasteiger partial charge in [0.25, 0.3) is 0 Å².